The molecule has 20 heavy (non-hydrogen) atoms. The zero-order valence-electron chi connectivity index (χ0n) is 11.6. The molecule has 0 aliphatic heterocycles. The van der Waals surface area contributed by atoms with Crippen molar-refractivity contribution in [3.05, 3.63) is 33.8 Å². The van der Waals surface area contributed by atoms with Crippen molar-refractivity contribution in [2.24, 2.45) is 4.99 Å². The standard InChI is InChI=1S/C13H17Cl2N3O2/c1-18(2)7-6-16-13(20-3)17-12(19)9-4-5-10(14)11(15)8-9/h4-5,8H,6-7H2,1-3H3,(H,16,17,19). The van der Waals surface area contributed by atoms with E-state index in [0.29, 0.717) is 22.2 Å². The van der Waals surface area contributed by atoms with Crippen molar-refractivity contribution in [1.29, 1.82) is 0 Å². The first-order chi connectivity index (χ1) is 9.43. The maximum absolute atomic E-state index is 12.0. The average molecular weight is 318 g/mol. The number of aliphatic imine (C=N–C) groups is 1. The molecule has 0 atom stereocenters. The van der Waals surface area contributed by atoms with Gasteiger partial charge in [-0.2, -0.15) is 0 Å². The summed E-state index contributed by atoms with van der Waals surface area (Å²) in [7, 11) is 5.33. The minimum atomic E-state index is -0.353. The van der Waals surface area contributed by atoms with Crippen LogP contribution in [0.2, 0.25) is 10.0 Å². The number of carbonyl (C=O) groups is 1. The van der Waals surface area contributed by atoms with E-state index in [-0.39, 0.29) is 11.9 Å². The first-order valence-electron chi connectivity index (χ1n) is 5.93. The summed E-state index contributed by atoms with van der Waals surface area (Å²) in [6.45, 7) is 1.29. The summed E-state index contributed by atoms with van der Waals surface area (Å²) in [6, 6.07) is 4.81. The first kappa shape index (κ1) is 16.8. The molecule has 0 bridgehead atoms. The molecule has 0 spiro atoms. The van der Waals surface area contributed by atoms with E-state index < -0.39 is 0 Å². The number of halogens is 2. The summed E-state index contributed by atoms with van der Waals surface area (Å²) in [5.41, 5.74) is 0.386. The molecule has 0 radical (unpaired) electrons. The van der Waals surface area contributed by atoms with Crippen LogP contribution in [0.3, 0.4) is 0 Å². The van der Waals surface area contributed by atoms with Crippen LogP contribution in [0.25, 0.3) is 0 Å². The fourth-order valence-corrected chi connectivity index (χ4v) is 1.61. The summed E-state index contributed by atoms with van der Waals surface area (Å²) in [6.07, 6.45) is 0. The molecule has 0 aliphatic carbocycles. The number of carbonyl (C=O) groups excluding carboxylic acids is 1. The number of methoxy groups -OCH3 is 1. The van der Waals surface area contributed by atoms with Crippen molar-refractivity contribution >= 4 is 35.1 Å². The molecule has 0 heterocycles. The zero-order chi connectivity index (χ0) is 15.1. The van der Waals surface area contributed by atoms with Gasteiger partial charge < -0.3 is 9.64 Å². The largest absolute Gasteiger partial charge is 0.468 e. The molecule has 1 rings (SSSR count). The lowest BCUT2D eigenvalue weighted by atomic mass is 10.2. The van der Waals surface area contributed by atoms with Crippen LogP contribution in [0.5, 0.6) is 0 Å². The number of ether oxygens (including phenoxy) is 1. The molecule has 5 nitrogen and oxygen atoms in total. The van der Waals surface area contributed by atoms with Crippen LogP contribution < -0.4 is 5.32 Å². The van der Waals surface area contributed by atoms with Gasteiger partial charge in [0.15, 0.2) is 0 Å². The molecule has 1 aromatic rings. The van der Waals surface area contributed by atoms with Gasteiger partial charge in [-0.3, -0.25) is 10.1 Å². The van der Waals surface area contributed by atoms with Gasteiger partial charge in [-0.1, -0.05) is 23.2 Å². The highest BCUT2D eigenvalue weighted by atomic mass is 35.5. The highest BCUT2D eigenvalue weighted by molar-refractivity contribution is 6.42. The Morgan fingerprint density at radius 2 is 2.05 bits per heavy atom. The molecule has 0 fully saturated rings. The van der Waals surface area contributed by atoms with Gasteiger partial charge in [0.25, 0.3) is 11.9 Å². The minimum Gasteiger partial charge on any atom is -0.468 e. The molecule has 0 saturated carbocycles. The normalized spacial score (nSPS) is 11.6. The number of rotatable bonds is 4. The number of hydrogen-bond donors (Lipinski definition) is 1. The maximum Gasteiger partial charge on any atom is 0.291 e. The predicted octanol–water partition coefficient (Wildman–Crippen LogP) is 2.29. The Morgan fingerprint density at radius 1 is 1.35 bits per heavy atom. The maximum atomic E-state index is 12.0. The van der Waals surface area contributed by atoms with E-state index in [2.05, 4.69) is 10.3 Å². The Balaban J connectivity index is 2.69. The third kappa shape index (κ3) is 5.36. The summed E-state index contributed by atoms with van der Waals surface area (Å²) in [5, 5.41) is 3.29. The number of amides is 1. The Bertz CT molecular complexity index is 504. The number of likely N-dealkylation sites (N-methyl/N-ethyl adjacent to an activating group) is 1. The fraction of sp³-hybridized carbons (Fsp3) is 0.385. The van der Waals surface area contributed by atoms with E-state index in [4.69, 9.17) is 27.9 Å². The molecule has 0 unspecified atom stereocenters. The lowest BCUT2D eigenvalue weighted by molar-refractivity contribution is 0.0968. The van der Waals surface area contributed by atoms with Crippen LogP contribution in [-0.4, -0.2) is 51.1 Å². The van der Waals surface area contributed by atoms with Gasteiger partial charge in [0.2, 0.25) is 0 Å². The third-order valence-corrected chi connectivity index (χ3v) is 3.14. The smallest absolute Gasteiger partial charge is 0.291 e. The molecule has 0 aromatic heterocycles. The Hall–Kier alpha value is -1.30. The van der Waals surface area contributed by atoms with Gasteiger partial charge in [0.1, 0.15) is 0 Å². The monoisotopic (exact) mass is 317 g/mol. The Morgan fingerprint density at radius 3 is 2.60 bits per heavy atom. The zero-order valence-corrected chi connectivity index (χ0v) is 13.1. The Labute approximate surface area is 128 Å². The summed E-state index contributed by atoms with van der Waals surface area (Å²) in [5.74, 6) is -0.353. The summed E-state index contributed by atoms with van der Waals surface area (Å²) in [4.78, 5) is 18.1. The van der Waals surface area contributed by atoms with Crippen LogP contribution in [0.4, 0.5) is 0 Å². The van der Waals surface area contributed by atoms with Crippen LogP contribution in [0.15, 0.2) is 23.2 Å². The van der Waals surface area contributed by atoms with Gasteiger partial charge in [0.05, 0.1) is 23.7 Å². The van der Waals surface area contributed by atoms with E-state index in [9.17, 15) is 4.79 Å². The van der Waals surface area contributed by atoms with Crippen LogP contribution in [0, 0.1) is 0 Å². The number of nitrogens with one attached hydrogen (secondary N) is 1. The van der Waals surface area contributed by atoms with Gasteiger partial charge in [-0.25, -0.2) is 4.99 Å². The first-order valence-corrected chi connectivity index (χ1v) is 6.69. The van der Waals surface area contributed by atoms with Crippen molar-refractivity contribution in [3.63, 3.8) is 0 Å². The molecule has 1 N–H and O–H groups in total. The number of benzene rings is 1. The fourth-order valence-electron chi connectivity index (χ4n) is 1.31. The number of nitrogens with zero attached hydrogens (tertiary/aromatic N) is 2. The van der Waals surface area contributed by atoms with Gasteiger partial charge in [-0.05, 0) is 32.3 Å². The molecular weight excluding hydrogens is 301 g/mol. The van der Waals surface area contributed by atoms with Gasteiger partial charge in [-0.15, -0.1) is 0 Å². The number of amidine groups is 1. The van der Waals surface area contributed by atoms with E-state index in [1.807, 2.05) is 19.0 Å². The molecule has 110 valence electrons. The highest BCUT2D eigenvalue weighted by Crippen LogP contribution is 2.22. The van der Waals surface area contributed by atoms with Crippen LogP contribution in [-0.2, 0) is 4.74 Å². The van der Waals surface area contributed by atoms with E-state index >= 15 is 0 Å². The average Bonchev–Trinajstić information content (AvgIpc) is 2.40. The van der Waals surface area contributed by atoms with Crippen molar-refractivity contribution in [2.45, 2.75) is 0 Å². The molecule has 0 aliphatic rings. The van der Waals surface area contributed by atoms with Crippen molar-refractivity contribution < 1.29 is 9.53 Å². The molecule has 1 aromatic carbocycles. The van der Waals surface area contributed by atoms with Crippen LogP contribution >= 0.6 is 23.2 Å². The quantitative estimate of drug-likeness (QED) is 0.684. The minimum absolute atomic E-state index is 0.169. The molecular formula is C13H17Cl2N3O2. The van der Waals surface area contributed by atoms with Crippen LogP contribution in [0.1, 0.15) is 10.4 Å². The second-order valence-electron chi connectivity index (χ2n) is 4.28. The van der Waals surface area contributed by atoms with Crippen molar-refractivity contribution in [2.75, 3.05) is 34.3 Å². The van der Waals surface area contributed by atoms with Gasteiger partial charge >= 0.3 is 0 Å². The summed E-state index contributed by atoms with van der Waals surface area (Å²) < 4.78 is 5.02. The Kier molecular flexibility index (Phi) is 6.78. The second kappa shape index (κ2) is 8.09. The highest BCUT2D eigenvalue weighted by Gasteiger charge is 2.10. The predicted molar refractivity (Wildman–Crippen MR) is 81.8 cm³/mol. The number of hydrogen-bond acceptors (Lipinski definition) is 4. The van der Waals surface area contributed by atoms with Crippen molar-refractivity contribution in [1.82, 2.24) is 10.2 Å². The van der Waals surface area contributed by atoms with Gasteiger partial charge in [0, 0.05) is 12.1 Å². The topological polar surface area (TPSA) is 53.9 Å². The lowest BCUT2D eigenvalue weighted by Gasteiger charge is -2.10. The molecule has 7 heteroatoms. The SMILES string of the molecule is COC(=NCCN(C)C)NC(=O)c1ccc(Cl)c(Cl)c1. The molecule has 0 saturated heterocycles. The lowest BCUT2D eigenvalue weighted by Crippen LogP contribution is -2.32. The molecule has 1 amide bonds. The van der Waals surface area contributed by atoms with E-state index in [1.54, 1.807) is 12.1 Å². The van der Waals surface area contributed by atoms with Crippen molar-refractivity contribution in [3.8, 4) is 0 Å². The second-order valence-corrected chi connectivity index (χ2v) is 5.09. The van der Waals surface area contributed by atoms with E-state index in [0.717, 1.165) is 6.54 Å². The third-order valence-electron chi connectivity index (χ3n) is 2.40. The van der Waals surface area contributed by atoms with E-state index in [1.165, 1.54) is 13.2 Å². The summed E-state index contributed by atoms with van der Waals surface area (Å²) >= 11 is 11.7.